The molecule has 21 heavy (non-hydrogen) atoms. The molecule has 2 heterocycles. The Morgan fingerprint density at radius 3 is 1.48 bits per heavy atom. The number of rotatable bonds is 0. The van der Waals surface area contributed by atoms with E-state index in [0.717, 1.165) is 0 Å². The highest BCUT2D eigenvalue weighted by molar-refractivity contribution is 5.19. The van der Waals surface area contributed by atoms with Crippen molar-refractivity contribution in [1.29, 1.82) is 0 Å². The van der Waals surface area contributed by atoms with Gasteiger partial charge in [-0.15, -0.1) is 0 Å². The molecule has 0 N–H and O–H groups in total. The molecule has 0 saturated carbocycles. The van der Waals surface area contributed by atoms with Gasteiger partial charge in [0.2, 0.25) is 0 Å². The summed E-state index contributed by atoms with van der Waals surface area (Å²) in [5, 5.41) is 0. The van der Waals surface area contributed by atoms with Crippen molar-refractivity contribution in [2.45, 2.75) is 59.8 Å². The molecule has 0 aliphatic heterocycles. The summed E-state index contributed by atoms with van der Waals surface area (Å²) in [5.74, 6) is 0. The van der Waals surface area contributed by atoms with E-state index in [0.29, 0.717) is 0 Å². The fraction of sp³-hybridized carbons (Fsp3) is 0.474. The molecule has 0 aromatic carbocycles. The molecule has 2 heteroatoms. The van der Waals surface area contributed by atoms with Crippen molar-refractivity contribution in [1.82, 2.24) is 9.97 Å². The predicted molar refractivity (Wildman–Crippen MR) is 92.6 cm³/mol. The fourth-order valence-electron chi connectivity index (χ4n) is 1.66. The van der Waals surface area contributed by atoms with Gasteiger partial charge in [0.15, 0.2) is 0 Å². The van der Waals surface area contributed by atoms with E-state index in [2.05, 4.69) is 69.7 Å². The van der Waals surface area contributed by atoms with Crippen molar-refractivity contribution in [3.63, 3.8) is 0 Å². The largest absolute Gasteiger partial charge is 0.265 e. The smallest absolute Gasteiger partial charge is 0.0305 e. The van der Waals surface area contributed by atoms with Crippen LogP contribution in [0.15, 0.2) is 49.1 Å². The Morgan fingerprint density at radius 2 is 1.19 bits per heavy atom. The van der Waals surface area contributed by atoms with Gasteiger partial charge in [-0.1, -0.05) is 55.0 Å². The fourth-order valence-corrected chi connectivity index (χ4v) is 1.66. The lowest BCUT2D eigenvalue weighted by molar-refractivity contribution is 0.587. The maximum absolute atomic E-state index is 4.05. The molecule has 0 atom stereocenters. The van der Waals surface area contributed by atoms with Crippen molar-refractivity contribution in [2.75, 3.05) is 0 Å². The number of hydrogen-bond donors (Lipinski definition) is 0. The Balaban J connectivity index is 0.000000364. The normalized spacial score (nSPS) is 11.0. The molecular weight excluding hydrogens is 256 g/mol. The lowest BCUT2D eigenvalue weighted by Gasteiger charge is -2.17. The molecule has 0 unspecified atom stereocenters. The Kier molecular flexibility index (Phi) is 7.28. The molecule has 0 radical (unpaired) electrons. The van der Waals surface area contributed by atoms with E-state index in [1.807, 2.05) is 24.7 Å². The summed E-state index contributed by atoms with van der Waals surface area (Å²) in [6, 6.07) is 8.19. The van der Waals surface area contributed by atoms with Crippen molar-refractivity contribution >= 4 is 0 Å². The quantitative estimate of drug-likeness (QED) is 0.648. The first-order valence-corrected chi connectivity index (χ1v) is 7.02. The van der Waals surface area contributed by atoms with Crippen LogP contribution < -0.4 is 0 Å². The Labute approximate surface area is 130 Å². The van der Waals surface area contributed by atoms with Gasteiger partial charge in [0, 0.05) is 24.8 Å². The van der Waals surface area contributed by atoms with Crippen LogP contribution in [0.25, 0.3) is 0 Å². The molecule has 116 valence electrons. The second-order valence-corrected chi connectivity index (χ2v) is 6.98. The van der Waals surface area contributed by atoms with Gasteiger partial charge in [0.25, 0.3) is 0 Å². The average molecular weight is 286 g/mol. The van der Waals surface area contributed by atoms with Crippen LogP contribution in [0.4, 0.5) is 0 Å². The van der Waals surface area contributed by atoms with Crippen LogP contribution in [-0.4, -0.2) is 9.97 Å². The summed E-state index contributed by atoms with van der Waals surface area (Å²) in [6.45, 7) is 13.1. The molecule has 0 amide bonds. The van der Waals surface area contributed by atoms with Crippen LogP contribution in [0.1, 0.15) is 60.1 Å². The lowest BCUT2D eigenvalue weighted by atomic mass is 9.88. The van der Waals surface area contributed by atoms with Gasteiger partial charge in [-0.25, -0.2) is 0 Å². The van der Waals surface area contributed by atoms with E-state index in [9.17, 15) is 0 Å². The highest BCUT2D eigenvalue weighted by atomic mass is 14.6. The topological polar surface area (TPSA) is 25.8 Å². The Bertz CT molecular complexity index is 441. The third-order valence-electron chi connectivity index (χ3n) is 3.07. The highest BCUT2D eigenvalue weighted by Gasteiger charge is 2.12. The Morgan fingerprint density at radius 1 is 0.667 bits per heavy atom. The van der Waals surface area contributed by atoms with Gasteiger partial charge in [0.1, 0.15) is 0 Å². The van der Waals surface area contributed by atoms with E-state index < -0.39 is 0 Å². The van der Waals surface area contributed by atoms with E-state index >= 15 is 0 Å². The van der Waals surface area contributed by atoms with Gasteiger partial charge in [-0.2, -0.15) is 0 Å². The number of nitrogens with zero attached hydrogens (tertiary/aromatic N) is 2. The van der Waals surface area contributed by atoms with Crippen molar-refractivity contribution in [3.8, 4) is 0 Å². The minimum Gasteiger partial charge on any atom is -0.265 e. The first kappa shape index (κ1) is 19.3. The second kappa shape index (κ2) is 7.92. The molecule has 0 aliphatic carbocycles. The van der Waals surface area contributed by atoms with Crippen LogP contribution in [0, 0.1) is 0 Å². The van der Waals surface area contributed by atoms with Gasteiger partial charge >= 0.3 is 0 Å². The van der Waals surface area contributed by atoms with E-state index in [1.54, 1.807) is 6.20 Å². The summed E-state index contributed by atoms with van der Waals surface area (Å²) in [7, 11) is 0. The van der Waals surface area contributed by atoms with Crippen LogP contribution in [0.2, 0.25) is 0 Å². The van der Waals surface area contributed by atoms with Crippen LogP contribution in [0.3, 0.4) is 0 Å². The SMILES string of the molecule is C.CC(C)(C)c1cccnc1.CC(C)(C)c1ccncc1. The maximum atomic E-state index is 4.05. The summed E-state index contributed by atoms with van der Waals surface area (Å²) >= 11 is 0. The van der Waals surface area contributed by atoms with Crippen molar-refractivity contribution in [2.24, 2.45) is 0 Å². The Hall–Kier alpha value is -1.70. The van der Waals surface area contributed by atoms with Crippen molar-refractivity contribution in [3.05, 3.63) is 60.2 Å². The van der Waals surface area contributed by atoms with Gasteiger partial charge in [-0.05, 0) is 40.2 Å². The minimum atomic E-state index is 0. The van der Waals surface area contributed by atoms with Crippen LogP contribution in [0.5, 0.6) is 0 Å². The number of hydrogen-bond acceptors (Lipinski definition) is 2. The zero-order valence-electron chi connectivity index (χ0n) is 13.5. The second-order valence-electron chi connectivity index (χ2n) is 6.98. The summed E-state index contributed by atoms with van der Waals surface area (Å²) in [6.07, 6.45) is 7.39. The maximum Gasteiger partial charge on any atom is 0.0305 e. The van der Waals surface area contributed by atoms with Crippen LogP contribution >= 0.6 is 0 Å². The molecule has 0 saturated heterocycles. The summed E-state index contributed by atoms with van der Waals surface area (Å²) < 4.78 is 0. The molecule has 2 aromatic rings. The van der Waals surface area contributed by atoms with Gasteiger partial charge < -0.3 is 0 Å². The highest BCUT2D eigenvalue weighted by Crippen LogP contribution is 2.20. The van der Waals surface area contributed by atoms with Crippen LogP contribution in [-0.2, 0) is 10.8 Å². The van der Waals surface area contributed by atoms with E-state index in [4.69, 9.17) is 0 Å². The first-order chi connectivity index (χ1) is 9.21. The lowest BCUT2D eigenvalue weighted by Crippen LogP contribution is -2.10. The molecule has 2 nitrogen and oxygen atoms in total. The average Bonchev–Trinajstić information content (AvgIpc) is 2.40. The molecule has 2 aromatic heterocycles. The predicted octanol–water partition coefficient (Wildman–Crippen LogP) is 5.39. The molecule has 2 rings (SSSR count). The molecule has 0 spiro atoms. The number of pyridine rings is 2. The summed E-state index contributed by atoms with van der Waals surface area (Å²) in [5.41, 5.74) is 3.11. The van der Waals surface area contributed by atoms with Crippen molar-refractivity contribution < 1.29 is 0 Å². The van der Waals surface area contributed by atoms with Gasteiger partial charge in [-0.3, -0.25) is 9.97 Å². The minimum absolute atomic E-state index is 0. The third-order valence-corrected chi connectivity index (χ3v) is 3.07. The van der Waals surface area contributed by atoms with Gasteiger partial charge in [0.05, 0.1) is 0 Å². The standard InChI is InChI=1S/2C9H13N.CH4/c1-9(2,3)8-4-6-10-7-5-8;1-9(2,3)8-5-4-6-10-7-8;/h2*4-7H,1-3H3;1H4. The molecule has 0 fully saturated rings. The zero-order chi connectivity index (χ0) is 15.2. The zero-order valence-corrected chi connectivity index (χ0v) is 13.5. The first-order valence-electron chi connectivity index (χ1n) is 7.02. The van der Waals surface area contributed by atoms with E-state index in [1.165, 1.54) is 11.1 Å². The monoisotopic (exact) mass is 286 g/mol. The summed E-state index contributed by atoms with van der Waals surface area (Å²) in [4.78, 5) is 8.01. The molecule has 0 bridgehead atoms. The number of aromatic nitrogens is 2. The molecule has 0 aliphatic rings. The van der Waals surface area contributed by atoms with E-state index in [-0.39, 0.29) is 18.3 Å². The molecular formula is C19H30N2. The third kappa shape index (κ3) is 7.03.